The first-order valence-electron chi connectivity index (χ1n) is 8.87. The second-order valence-electron chi connectivity index (χ2n) is 6.87. The van der Waals surface area contributed by atoms with E-state index in [1.54, 1.807) is 0 Å². The molecule has 6 heteroatoms. The van der Waals surface area contributed by atoms with Crippen LogP contribution in [0.25, 0.3) is 11.0 Å². The van der Waals surface area contributed by atoms with Gasteiger partial charge in [-0.15, -0.1) is 0 Å². The summed E-state index contributed by atoms with van der Waals surface area (Å²) in [5, 5.41) is 3.92. The topological polar surface area (TPSA) is 56.2 Å². The Labute approximate surface area is 162 Å². The molecule has 0 spiro atoms. The molecule has 0 amide bonds. The molecule has 0 saturated carbocycles. The van der Waals surface area contributed by atoms with Crippen LogP contribution in [0.5, 0.6) is 0 Å². The highest BCUT2D eigenvalue weighted by Gasteiger charge is 2.35. The number of nitrogens with one attached hydrogen (secondary N) is 1. The maximum atomic E-state index is 13.0. The molecule has 0 saturated heterocycles. The number of nitrogens with zero attached hydrogens (tertiary/aromatic N) is 2. The van der Waals surface area contributed by atoms with Crippen molar-refractivity contribution in [2.45, 2.75) is 32.9 Å². The van der Waals surface area contributed by atoms with E-state index in [0.717, 1.165) is 22.3 Å². The predicted octanol–water partition coefficient (Wildman–Crippen LogP) is 4.93. The molecule has 1 N–H and O–H groups in total. The highest BCUT2D eigenvalue weighted by Crippen LogP contribution is 2.39. The molecular formula is C21H20ClN3O2. The Kier molecular flexibility index (Phi) is 4.40. The fourth-order valence-electron chi connectivity index (χ4n) is 3.47. The number of hydrogen-bond acceptors (Lipinski definition) is 4. The molecule has 1 aliphatic heterocycles. The van der Waals surface area contributed by atoms with Gasteiger partial charge in [0, 0.05) is 10.7 Å². The molecule has 1 unspecified atom stereocenters. The molecule has 0 radical (unpaired) electrons. The summed E-state index contributed by atoms with van der Waals surface area (Å²) in [6.45, 7) is 5.57. The first-order chi connectivity index (χ1) is 13.0. The third-order valence-corrected chi connectivity index (χ3v) is 4.83. The van der Waals surface area contributed by atoms with Crippen molar-refractivity contribution in [1.82, 2.24) is 9.55 Å². The van der Waals surface area contributed by atoms with Crippen LogP contribution in [0.15, 0.2) is 59.8 Å². The van der Waals surface area contributed by atoms with Crippen LogP contribution in [-0.4, -0.2) is 21.6 Å². The molecule has 3 aromatic rings. The van der Waals surface area contributed by atoms with Crippen LogP contribution >= 0.6 is 11.6 Å². The van der Waals surface area contributed by atoms with Gasteiger partial charge in [0.1, 0.15) is 0 Å². The minimum absolute atomic E-state index is 0.204. The summed E-state index contributed by atoms with van der Waals surface area (Å²) in [4.78, 5) is 17.6. The molecule has 2 aromatic carbocycles. The summed E-state index contributed by atoms with van der Waals surface area (Å²) in [7, 11) is 0. The van der Waals surface area contributed by atoms with Gasteiger partial charge in [-0.1, -0.05) is 35.9 Å². The Morgan fingerprint density at radius 3 is 2.59 bits per heavy atom. The summed E-state index contributed by atoms with van der Waals surface area (Å²) in [6.07, 6.45) is -0.204. The fraction of sp³-hybridized carbons (Fsp3) is 0.238. The number of ether oxygens (including phenoxy) is 1. The number of carbonyl (C=O) groups is 1. The van der Waals surface area contributed by atoms with E-state index in [0.29, 0.717) is 16.5 Å². The van der Waals surface area contributed by atoms with E-state index in [2.05, 4.69) is 5.32 Å². The number of halogens is 1. The minimum atomic E-state index is -0.350. The quantitative estimate of drug-likeness (QED) is 0.653. The van der Waals surface area contributed by atoms with Crippen molar-refractivity contribution < 1.29 is 9.53 Å². The monoisotopic (exact) mass is 381 g/mol. The van der Waals surface area contributed by atoms with E-state index in [1.165, 1.54) is 0 Å². The van der Waals surface area contributed by atoms with Crippen molar-refractivity contribution in [2.24, 2.45) is 0 Å². The predicted molar refractivity (Wildman–Crippen MR) is 107 cm³/mol. The lowest BCUT2D eigenvalue weighted by atomic mass is 9.95. The minimum Gasteiger partial charge on any atom is -0.459 e. The van der Waals surface area contributed by atoms with E-state index >= 15 is 0 Å². The Bertz CT molecular complexity index is 1050. The lowest BCUT2D eigenvalue weighted by molar-refractivity contribution is -0.143. The number of anilines is 1. The van der Waals surface area contributed by atoms with Gasteiger partial charge in [0.2, 0.25) is 5.95 Å². The SMILES string of the molecule is CC1=C(C(=O)OC(C)C)C(c2ccc(Cl)cc2)n2c(nc3ccccc32)N1. The number of para-hydroxylation sites is 2. The molecule has 0 aliphatic carbocycles. The maximum absolute atomic E-state index is 13.0. The summed E-state index contributed by atoms with van der Waals surface area (Å²) >= 11 is 6.09. The van der Waals surface area contributed by atoms with Crippen molar-refractivity contribution in [3.63, 3.8) is 0 Å². The zero-order valence-corrected chi connectivity index (χ0v) is 16.1. The third kappa shape index (κ3) is 3.08. The Morgan fingerprint density at radius 2 is 1.89 bits per heavy atom. The molecule has 5 nitrogen and oxygen atoms in total. The smallest absolute Gasteiger partial charge is 0.338 e. The van der Waals surface area contributed by atoms with Gasteiger partial charge >= 0.3 is 5.97 Å². The van der Waals surface area contributed by atoms with Crippen LogP contribution in [0.4, 0.5) is 5.95 Å². The maximum Gasteiger partial charge on any atom is 0.338 e. The molecule has 1 aromatic heterocycles. The second kappa shape index (κ2) is 6.74. The van der Waals surface area contributed by atoms with Crippen LogP contribution in [-0.2, 0) is 9.53 Å². The summed E-state index contributed by atoms with van der Waals surface area (Å²) < 4.78 is 7.59. The van der Waals surface area contributed by atoms with Crippen molar-refractivity contribution in [1.29, 1.82) is 0 Å². The molecule has 0 fully saturated rings. The molecular weight excluding hydrogens is 362 g/mol. The second-order valence-corrected chi connectivity index (χ2v) is 7.30. The summed E-state index contributed by atoms with van der Waals surface area (Å²) in [5.41, 5.74) is 4.07. The van der Waals surface area contributed by atoms with Crippen LogP contribution in [0.3, 0.4) is 0 Å². The zero-order chi connectivity index (χ0) is 19.1. The first-order valence-corrected chi connectivity index (χ1v) is 9.24. The van der Waals surface area contributed by atoms with Crippen molar-refractivity contribution >= 4 is 34.6 Å². The number of aromatic nitrogens is 2. The molecule has 1 aliphatic rings. The van der Waals surface area contributed by atoms with Gasteiger partial charge in [0.05, 0.1) is 28.8 Å². The fourth-order valence-corrected chi connectivity index (χ4v) is 3.59. The van der Waals surface area contributed by atoms with E-state index in [9.17, 15) is 4.79 Å². The number of hydrogen-bond donors (Lipinski definition) is 1. The van der Waals surface area contributed by atoms with Crippen molar-refractivity contribution in [2.75, 3.05) is 5.32 Å². The largest absolute Gasteiger partial charge is 0.459 e. The Hall–Kier alpha value is -2.79. The highest BCUT2D eigenvalue weighted by atomic mass is 35.5. The third-order valence-electron chi connectivity index (χ3n) is 4.58. The van der Waals surface area contributed by atoms with Crippen LogP contribution in [0.2, 0.25) is 5.02 Å². The van der Waals surface area contributed by atoms with E-state index in [4.69, 9.17) is 21.3 Å². The average molecular weight is 382 g/mol. The van der Waals surface area contributed by atoms with Crippen LogP contribution in [0.1, 0.15) is 32.4 Å². The van der Waals surface area contributed by atoms with Gasteiger partial charge < -0.3 is 10.1 Å². The molecule has 2 heterocycles. The standard InChI is InChI=1S/C21H20ClN3O2/c1-12(2)27-20(26)18-13(3)23-21-24-16-6-4-5-7-17(16)25(21)19(18)14-8-10-15(22)11-9-14/h4-12,19H,1-3H3,(H,23,24). The lowest BCUT2D eigenvalue weighted by Crippen LogP contribution is -2.29. The van der Waals surface area contributed by atoms with Gasteiger partial charge in [0.25, 0.3) is 0 Å². The first kappa shape index (κ1) is 17.6. The Morgan fingerprint density at radius 1 is 1.19 bits per heavy atom. The number of esters is 1. The summed E-state index contributed by atoms with van der Waals surface area (Å²) in [5.74, 6) is 0.369. The number of carbonyl (C=O) groups excluding carboxylic acids is 1. The van der Waals surface area contributed by atoms with Gasteiger partial charge in [-0.3, -0.25) is 4.57 Å². The average Bonchev–Trinajstić information content (AvgIpc) is 2.98. The van der Waals surface area contributed by atoms with Gasteiger partial charge in [-0.25, -0.2) is 9.78 Å². The normalized spacial score (nSPS) is 16.4. The van der Waals surface area contributed by atoms with E-state index in [1.807, 2.05) is 73.9 Å². The van der Waals surface area contributed by atoms with Crippen molar-refractivity contribution in [3.8, 4) is 0 Å². The number of allylic oxidation sites excluding steroid dienone is 1. The Balaban J connectivity index is 1.95. The van der Waals surface area contributed by atoms with Crippen molar-refractivity contribution in [3.05, 3.63) is 70.4 Å². The molecule has 4 rings (SSSR count). The molecule has 138 valence electrons. The van der Waals surface area contributed by atoms with E-state index in [-0.39, 0.29) is 18.1 Å². The summed E-state index contributed by atoms with van der Waals surface area (Å²) in [6, 6.07) is 15.1. The highest BCUT2D eigenvalue weighted by molar-refractivity contribution is 6.30. The zero-order valence-electron chi connectivity index (χ0n) is 15.4. The van der Waals surface area contributed by atoms with Crippen LogP contribution in [0, 0.1) is 0 Å². The lowest BCUT2D eigenvalue weighted by Gasteiger charge is -2.30. The number of imidazole rings is 1. The number of fused-ring (bicyclic) bond motifs is 3. The van der Waals surface area contributed by atoms with Gasteiger partial charge in [-0.2, -0.15) is 0 Å². The number of rotatable bonds is 3. The molecule has 27 heavy (non-hydrogen) atoms. The molecule has 1 atom stereocenters. The van der Waals surface area contributed by atoms with Crippen LogP contribution < -0.4 is 5.32 Å². The van der Waals surface area contributed by atoms with Gasteiger partial charge in [0.15, 0.2) is 0 Å². The number of benzene rings is 2. The van der Waals surface area contributed by atoms with Gasteiger partial charge in [-0.05, 0) is 50.6 Å². The molecule has 0 bridgehead atoms. The van der Waals surface area contributed by atoms with E-state index < -0.39 is 0 Å².